The summed E-state index contributed by atoms with van der Waals surface area (Å²) in [5, 5.41) is 0. The first kappa shape index (κ1) is 21.8. The first-order valence-electron chi connectivity index (χ1n) is 11.3. The monoisotopic (exact) mass is 430 g/mol. The molecule has 6 nitrogen and oxygen atoms in total. The molecule has 1 saturated heterocycles. The van der Waals surface area contributed by atoms with Crippen molar-refractivity contribution in [2.45, 2.75) is 26.2 Å². The van der Waals surface area contributed by atoms with Crippen LogP contribution in [0.4, 0.5) is 5.82 Å². The Kier molecular flexibility index (Phi) is 7.33. The van der Waals surface area contributed by atoms with Gasteiger partial charge < -0.3 is 14.5 Å². The van der Waals surface area contributed by atoms with Crippen molar-refractivity contribution in [2.24, 2.45) is 0 Å². The van der Waals surface area contributed by atoms with E-state index in [4.69, 9.17) is 4.74 Å². The molecular formula is C26H30N4O2. The molecular weight excluding hydrogens is 400 g/mol. The number of anilines is 1. The number of hydrogen-bond donors (Lipinski definition) is 0. The summed E-state index contributed by atoms with van der Waals surface area (Å²) in [5.41, 5.74) is 3.21. The Morgan fingerprint density at radius 3 is 2.44 bits per heavy atom. The van der Waals surface area contributed by atoms with E-state index >= 15 is 0 Å². The molecule has 0 N–H and O–H groups in total. The minimum absolute atomic E-state index is 0.248. The number of rotatable bonds is 8. The van der Waals surface area contributed by atoms with Crippen LogP contribution in [0, 0.1) is 0 Å². The molecule has 0 bridgehead atoms. The van der Waals surface area contributed by atoms with Gasteiger partial charge in [0, 0.05) is 44.2 Å². The quantitative estimate of drug-likeness (QED) is 0.536. The van der Waals surface area contributed by atoms with Gasteiger partial charge in [0.05, 0.1) is 12.3 Å². The van der Waals surface area contributed by atoms with Gasteiger partial charge in [-0.2, -0.15) is 0 Å². The summed E-state index contributed by atoms with van der Waals surface area (Å²) in [4.78, 5) is 25.7. The lowest BCUT2D eigenvalue weighted by Crippen LogP contribution is -2.49. The molecule has 2 aromatic carbocycles. The van der Waals surface area contributed by atoms with Gasteiger partial charge in [0.1, 0.15) is 17.9 Å². The van der Waals surface area contributed by atoms with E-state index in [9.17, 15) is 4.79 Å². The van der Waals surface area contributed by atoms with Crippen LogP contribution in [0.15, 0.2) is 67.0 Å². The van der Waals surface area contributed by atoms with Crippen LogP contribution in [0.2, 0.25) is 0 Å². The lowest BCUT2D eigenvalue weighted by atomic mass is 10.1. The molecule has 1 aliphatic rings. The Balaban J connectivity index is 1.29. The summed E-state index contributed by atoms with van der Waals surface area (Å²) in [7, 11) is 0. The Labute approximate surface area is 189 Å². The molecule has 1 aliphatic heterocycles. The molecule has 0 atom stereocenters. The fourth-order valence-electron chi connectivity index (χ4n) is 4.00. The predicted octanol–water partition coefficient (Wildman–Crippen LogP) is 4.21. The van der Waals surface area contributed by atoms with Gasteiger partial charge in [-0.1, -0.05) is 30.3 Å². The van der Waals surface area contributed by atoms with E-state index in [0.29, 0.717) is 13.0 Å². The van der Waals surface area contributed by atoms with Gasteiger partial charge in [0.2, 0.25) is 5.91 Å². The highest BCUT2D eigenvalue weighted by Gasteiger charge is 2.22. The van der Waals surface area contributed by atoms with Crippen LogP contribution in [0.3, 0.4) is 0 Å². The minimum Gasteiger partial charge on any atom is -0.494 e. The number of aromatic nitrogens is 2. The van der Waals surface area contributed by atoms with Crippen molar-refractivity contribution in [3.63, 3.8) is 0 Å². The summed E-state index contributed by atoms with van der Waals surface area (Å²) in [6.07, 6.45) is 4.05. The van der Waals surface area contributed by atoms with E-state index < -0.39 is 0 Å². The topological polar surface area (TPSA) is 58.6 Å². The molecule has 2 heterocycles. The van der Waals surface area contributed by atoms with Gasteiger partial charge in [0.25, 0.3) is 0 Å². The van der Waals surface area contributed by atoms with E-state index in [1.165, 1.54) is 5.56 Å². The Morgan fingerprint density at radius 2 is 1.72 bits per heavy atom. The van der Waals surface area contributed by atoms with Crippen molar-refractivity contribution in [3.05, 3.63) is 72.6 Å². The number of aryl methyl sites for hydroxylation is 1. The molecule has 1 aromatic heterocycles. The van der Waals surface area contributed by atoms with Crippen molar-refractivity contribution < 1.29 is 9.53 Å². The zero-order valence-corrected chi connectivity index (χ0v) is 18.6. The first-order valence-corrected chi connectivity index (χ1v) is 11.3. The van der Waals surface area contributed by atoms with Crippen LogP contribution >= 0.6 is 0 Å². The third-order valence-corrected chi connectivity index (χ3v) is 5.77. The molecule has 3 aromatic rings. The molecule has 166 valence electrons. The summed E-state index contributed by atoms with van der Waals surface area (Å²) < 4.78 is 5.52. The van der Waals surface area contributed by atoms with Gasteiger partial charge in [-0.05, 0) is 49.6 Å². The predicted molar refractivity (Wildman–Crippen MR) is 127 cm³/mol. The Bertz CT molecular complexity index is 1000. The maximum atomic E-state index is 12.6. The maximum absolute atomic E-state index is 12.6. The van der Waals surface area contributed by atoms with Gasteiger partial charge >= 0.3 is 0 Å². The number of amides is 1. The highest BCUT2D eigenvalue weighted by atomic mass is 16.5. The Morgan fingerprint density at radius 1 is 0.969 bits per heavy atom. The number of hydrogen-bond acceptors (Lipinski definition) is 5. The molecule has 32 heavy (non-hydrogen) atoms. The average molecular weight is 431 g/mol. The van der Waals surface area contributed by atoms with Crippen molar-refractivity contribution in [1.29, 1.82) is 0 Å². The van der Waals surface area contributed by atoms with Crippen LogP contribution in [-0.2, 0) is 11.2 Å². The van der Waals surface area contributed by atoms with Gasteiger partial charge in [-0.25, -0.2) is 9.97 Å². The zero-order chi connectivity index (χ0) is 22.2. The second-order valence-electron chi connectivity index (χ2n) is 7.93. The lowest BCUT2D eigenvalue weighted by molar-refractivity contribution is -0.131. The van der Waals surface area contributed by atoms with Gasteiger partial charge in [0.15, 0.2) is 0 Å². The van der Waals surface area contributed by atoms with Crippen LogP contribution in [-0.4, -0.2) is 53.6 Å². The summed E-state index contributed by atoms with van der Waals surface area (Å²) >= 11 is 0. The molecule has 6 heteroatoms. The SMILES string of the molecule is CCOc1ccc(-c2cc(N3CCN(C(=O)CCCc4ccccc4)CC3)ncn2)cc1. The van der Waals surface area contributed by atoms with Crippen molar-refractivity contribution in [1.82, 2.24) is 14.9 Å². The molecule has 0 spiro atoms. The van der Waals surface area contributed by atoms with Crippen molar-refractivity contribution in [2.75, 3.05) is 37.7 Å². The normalized spacial score (nSPS) is 13.8. The number of benzene rings is 2. The maximum Gasteiger partial charge on any atom is 0.222 e. The number of carbonyl (C=O) groups is 1. The van der Waals surface area contributed by atoms with Gasteiger partial charge in [-0.15, -0.1) is 0 Å². The standard InChI is InChI=1S/C26H30N4O2/c1-2-32-23-13-11-22(12-14-23)24-19-25(28-20-27-24)29-15-17-30(18-16-29)26(31)10-6-9-21-7-4-3-5-8-21/h3-5,7-8,11-14,19-20H,2,6,9-10,15-18H2,1H3. The minimum atomic E-state index is 0.248. The third-order valence-electron chi connectivity index (χ3n) is 5.77. The van der Waals surface area contributed by atoms with Crippen molar-refractivity contribution >= 4 is 11.7 Å². The van der Waals surface area contributed by atoms with Crippen LogP contribution < -0.4 is 9.64 Å². The summed E-state index contributed by atoms with van der Waals surface area (Å²) in [5.74, 6) is 2.01. The fourth-order valence-corrected chi connectivity index (χ4v) is 4.00. The molecule has 1 fully saturated rings. The molecule has 0 aliphatic carbocycles. The smallest absolute Gasteiger partial charge is 0.222 e. The molecule has 0 unspecified atom stereocenters. The number of piperazine rings is 1. The number of nitrogens with zero attached hydrogens (tertiary/aromatic N) is 4. The van der Waals surface area contributed by atoms with Crippen LogP contribution in [0.1, 0.15) is 25.3 Å². The van der Waals surface area contributed by atoms with E-state index in [0.717, 1.165) is 61.8 Å². The summed E-state index contributed by atoms with van der Waals surface area (Å²) in [6.45, 7) is 5.65. The van der Waals surface area contributed by atoms with Crippen molar-refractivity contribution in [3.8, 4) is 17.0 Å². The largest absolute Gasteiger partial charge is 0.494 e. The molecule has 4 rings (SSSR count). The molecule has 0 saturated carbocycles. The fraction of sp³-hybridized carbons (Fsp3) is 0.346. The van der Waals surface area contributed by atoms with E-state index in [2.05, 4.69) is 27.0 Å². The number of ether oxygens (including phenoxy) is 1. The van der Waals surface area contributed by atoms with Crippen LogP contribution in [0.25, 0.3) is 11.3 Å². The summed E-state index contributed by atoms with van der Waals surface area (Å²) in [6, 6.07) is 20.3. The Hall–Kier alpha value is -3.41. The zero-order valence-electron chi connectivity index (χ0n) is 18.6. The molecule has 1 amide bonds. The lowest BCUT2D eigenvalue weighted by Gasteiger charge is -2.35. The molecule has 0 radical (unpaired) electrons. The first-order chi connectivity index (χ1) is 15.7. The number of carbonyl (C=O) groups excluding carboxylic acids is 1. The van der Waals surface area contributed by atoms with Gasteiger partial charge in [-0.3, -0.25) is 4.79 Å². The van der Waals surface area contributed by atoms with E-state index in [-0.39, 0.29) is 5.91 Å². The highest BCUT2D eigenvalue weighted by molar-refractivity contribution is 5.76. The van der Waals surface area contributed by atoms with Crippen LogP contribution in [0.5, 0.6) is 5.75 Å². The highest BCUT2D eigenvalue weighted by Crippen LogP contribution is 2.24. The third kappa shape index (κ3) is 5.63. The van der Waals surface area contributed by atoms with E-state index in [1.54, 1.807) is 6.33 Å². The average Bonchev–Trinajstić information content (AvgIpc) is 2.85. The second kappa shape index (κ2) is 10.8. The van der Waals surface area contributed by atoms with E-state index in [1.807, 2.05) is 60.4 Å². The second-order valence-corrected chi connectivity index (χ2v) is 7.93.